The highest BCUT2D eigenvalue weighted by Crippen LogP contribution is 2.31. The maximum absolute atomic E-state index is 4.46. The van der Waals surface area contributed by atoms with Gasteiger partial charge in [0.2, 0.25) is 0 Å². The Morgan fingerprint density at radius 2 is 1.83 bits per heavy atom. The standard InChI is InChI=1S/C24H20N4S/c1-2-5-17(6-3-1)18-8-10-20(11-9-18)28-24-23-22(26-16-27-24)15-21(29-23)13-12-19-7-4-14-25-19/h1-3,5-6,8-11,15-16,19,25H,4,7,14H2,(H,26,27,28)/t19-/m0/s1. The maximum Gasteiger partial charge on any atom is 0.151 e. The summed E-state index contributed by atoms with van der Waals surface area (Å²) in [6, 6.07) is 21.1. The molecule has 0 bridgehead atoms. The van der Waals surface area contributed by atoms with Gasteiger partial charge < -0.3 is 10.6 Å². The van der Waals surface area contributed by atoms with E-state index in [-0.39, 0.29) is 0 Å². The molecule has 1 aliphatic rings. The number of benzene rings is 2. The third-order valence-electron chi connectivity index (χ3n) is 5.00. The van der Waals surface area contributed by atoms with Gasteiger partial charge >= 0.3 is 0 Å². The minimum atomic E-state index is 0.312. The van der Waals surface area contributed by atoms with Crippen LogP contribution in [0.4, 0.5) is 11.5 Å². The van der Waals surface area contributed by atoms with Gasteiger partial charge in [0.05, 0.1) is 21.1 Å². The number of hydrogen-bond acceptors (Lipinski definition) is 5. The fourth-order valence-electron chi connectivity index (χ4n) is 3.48. The van der Waals surface area contributed by atoms with Crippen molar-refractivity contribution in [3.05, 3.63) is 71.9 Å². The first kappa shape index (κ1) is 17.9. The second kappa shape index (κ2) is 8.04. The second-order valence-electron chi connectivity index (χ2n) is 7.03. The van der Waals surface area contributed by atoms with Crippen LogP contribution in [-0.2, 0) is 0 Å². The quantitative estimate of drug-likeness (QED) is 0.467. The number of hydrogen-bond donors (Lipinski definition) is 2. The summed E-state index contributed by atoms with van der Waals surface area (Å²) in [6.07, 6.45) is 3.93. The van der Waals surface area contributed by atoms with Gasteiger partial charge in [-0.1, -0.05) is 54.3 Å². The molecule has 0 aliphatic carbocycles. The van der Waals surface area contributed by atoms with Crippen LogP contribution in [-0.4, -0.2) is 22.6 Å². The minimum absolute atomic E-state index is 0.312. The molecule has 1 atom stereocenters. The van der Waals surface area contributed by atoms with Crippen LogP contribution in [0.1, 0.15) is 17.7 Å². The molecule has 142 valence electrons. The monoisotopic (exact) mass is 396 g/mol. The van der Waals surface area contributed by atoms with E-state index in [1.54, 1.807) is 17.7 Å². The lowest BCUT2D eigenvalue weighted by Gasteiger charge is -2.07. The Balaban J connectivity index is 1.38. The zero-order valence-electron chi connectivity index (χ0n) is 15.9. The third-order valence-corrected chi connectivity index (χ3v) is 6.04. The summed E-state index contributed by atoms with van der Waals surface area (Å²) in [5, 5.41) is 6.85. The van der Waals surface area contributed by atoms with E-state index in [2.05, 4.69) is 81.0 Å². The molecule has 2 aromatic heterocycles. The van der Waals surface area contributed by atoms with Crippen molar-refractivity contribution in [2.75, 3.05) is 11.9 Å². The van der Waals surface area contributed by atoms with Crippen LogP contribution in [0.25, 0.3) is 21.3 Å². The van der Waals surface area contributed by atoms with Crippen LogP contribution in [0.3, 0.4) is 0 Å². The number of fused-ring (bicyclic) bond motifs is 1. The third kappa shape index (κ3) is 4.00. The number of aromatic nitrogens is 2. The Morgan fingerprint density at radius 3 is 2.62 bits per heavy atom. The molecule has 29 heavy (non-hydrogen) atoms. The van der Waals surface area contributed by atoms with E-state index >= 15 is 0 Å². The van der Waals surface area contributed by atoms with Crippen molar-refractivity contribution in [2.24, 2.45) is 0 Å². The molecule has 0 saturated carbocycles. The average Bonchev–Trinajstić information content (AvgIpc) is 3.43. The summed E-state index contributed by atoms with van der Waals surface area (Å²) in [6.45, 7) is 1.06. The molecule has 5 heteroatoms. The van der Waals surface area contributed by atoms with Gasteiger partial charge in [0, 0.05) is 5.69 Å². The van der Waals surface area contributed by atoms with E-state index < -0.39 is 0 Å². The van der Waals surface area contributed by atoms with Crippen LogP contribution in [0.2, 0.25) is 0 Å². The van der Waals surface area contributed by atoms with Gasteiger partial charge in [-0.05, 0) is 48.7 Å². The fourth-order valence-corrected chi connectivity index (χ4v) is 4.40. The highest BCUT2D eigenvalue weighted by molar-refractivity contribution is 7.20. The number of rotatable bonds is 3. The normalized spacial score (nSPS) is 15.8. The molecule has 4 aromatic rings. The summed E-state index contributed by atoms with van der Waals surface area (Å²) in [5.74, 6) is 7.45. The molecule has 2 N–H and O–H groups in total. The van der Waals surface area contributed by atoms with Gasteiger partial charge in [-0.3, -0.25) is 0 Å². The van der Waals surface area contributed by atoms with E-state index in [0.29, 0.717) is 6.04 Å². The molecular weight excluding hydrogens is 376 g/mol. The Bertz CT molecular complexity index is 1180. The lowest BCUT2D eigenvalue weighted by Crippen LogP contribution is -2.18. The minimum Gasteiger partial charge on any atom is -0.339 e. The molecular formula is C24H20N4S. The average molecular weight is 397 g/mol. The molecule has 1 aliphatic heterocycles. The van der Waals surface area contributed by atoms with E-state index in [4.69, 9.17) is 0 Å². The highest BCUT2D eigenvalue weighted by Gasteiger charge is 2.11. The second-order valence-corrected chi connectivity index (χ2v) is 8.09. The molecule has 0 amide bonds. The molecule has 1 fully saturated rings. The summed E-state index contributed by atoms with van der Waals surface area (Å²) in [4.78, 5) is 9.90. The SMILES string of the molecule is C(#C[C@@H]1CCCN1)c1cc2ncnc(Nc3ccc(-c4ccccc4)cc3)c2s1. The van der Waals surface area contributed by atoms with Gasteiger partial charge in [0.25, 0.3) is 0 Å². The van der Waals surface area contributed by atoms with Crippen LogP contribution in [0, 0.1) is 11.8 Å². The van der Waals surface area contributed by atoms with Crippen molar-refractivity contribution in [1.29, 1.82) is 0 Å². The van der Waals surface area contributed by atoms with Gasteiger partial charge in [0.1, 0.15) is 6.33 Å². The van der Waals surface area contributed by atoms with Gasteiger partial charge in [-0.2, -0.15) is 0 Å². The molecule has 5 rings (SSSR count). The lowest BCUT2D eigenvalue weighted by molar-refractivity contribution is 0.749. The van der Waals surface area contributed by atoms with E-state index in [1.807, 2.05) is 12.1 Å². The van der Waals surface area contributed by atoms with Crippen LogP contribution in [0.15, 0.2) is 67.0 Å². The highest BCUT2D eigenvalue weighted by atomic mass is 32.1. The lowest BCUT2D eigenvalue weighted by atomic mass is 10.1. The largest absolute Gasteiger partial charge is 0.339 e. The molecule has 3 heterocycles. The zero-order valence-corrected chi connectivity index (χ0v) is 16.7. The van der Waals surface area contributed by atoms with Crippen molar-refractivity contribution in [3.8, 4) is 23.0 Å². The molecule has 0 spiro atoms. The first-order chi connectivity index (χ1) is 14.3. The van der Waals surface area contributed by atoms with Crippen LogP contribution < -0.4 is 10.6 Å². The number of nitrogens with zero attached hydrogens (tertiary/aromatic N) is 2. The van der Waals surface area contributed by atoms with Crippen molar-refractivity contribution in [3.63, 3.8) is 0 Å². The first-order valence-electron chi connectivity index (χ1n) is 9.77. The van der Waals surface area contributed by atoms with Crippen LogP contribution >= 0.6 is 11.3 Å². The first-order valence-corrected chi connectivity index (χ1v) is 10.6. The predicted molar refractivity (Wildman–Crippen MR) is 120 cm³/mol. The Morgan fingerprint density at radius 1 is 1.00 bits per heavy atom. The Hall–Kier alpha value is -3.20. The van der Waals surface area contributed by atoms with Crippen molar-refractivity contribution in [2.45, 2.75) is 18.9 Å². The van der Waals surface area contributed by atoms with E-state index in [1.165, 1.54) is 17.5 Å². The van der Waals surface area contributed by atoms with Crippen LogP contribution in [0.5, 0.6) is 0 Å². The predicted octanol–water partition coefficient (Wildman–Crippen LogP) is 5.21. The summed E-state index contributed by atoms with van der Waals surface area (Å²) in [7, 11) is 0. The summed E-state index contributed by atoms with van der Waals surface area (Å²) >= 11 is 1.64. The van der Waals surface area contributed by atoms with Crippen molar-refractivity contribution >= 4 is 33.1 Å². The number of thiophene rings is 1. The maximum atomic E-state index is 4.46. The van der Waals surface area contributed by atoms with Crippen molar-refractivity contribution in [1.82, 2.24) is 15.3 Å². The molecule has 1 saturated heterocycles. The summed E-state index contributed by atoms with van der Waals surface area (Å²) < 4.78 is 1.03. The van der Waals surface area contributed by atoms with Gasteiger partial charge in [-0.25, -0.2) is 9.97 Å². The molecule has 4 nitrogen and oxygen atoms in total. The van der Waals surface area contributed by atoms with E-state index in [0.717, 1.165) is 39.6 Å². The van der Waals surface area contributed by atoms with E-state index in [9.17, 15) is 0 Å². The Kier molecular flexibility index (Phi) is 4.95. The molecule has 0 unspecified atom stereocenters. The summed E-state index contributed by atoms with van der Waals surface area (Å²) in [5.41, 5.74) is 4.33. The molecule has 0 radical (unpaired) electrons. The smallest absolute Gasteiger partial charge is 0.151 e. The van der Waals surface area contributed by atoms with Gasteiger partial charge in [-0.15, -0.1) is 11.3 Å². The topological polar surface area (TPSA) is 49.8 Å². The number of anilines is 2. The van der Waals surface area contributed by atoms with Crippen molar-refractivity contribution < 1.29 is 0 Å². The Labute approximate surface area is 174 Å². The fraction of sp³-hybridized carbons (Fsp3) is 0.167. The zero-order chi connectivity index (χ0) is 19.5. The van der Waals surface area contributed by atoms with Gasteiger partial charge in [0.15, 0.2) is 5.82 Å². The molecule has 2 aromatic carbocycles. The number of nitrogens with one attached hydrogen (secondary N) is 2.